The van der Waals surface area contributed by atoms with Crippen molar-refractivity contribution in [1.29, 1.82) is 0 Å². The van der Waals surface area contributed by atoms with E-state index < -0.39 is 41.7 Å². The molecule has 0 radical (unpaired) electrons. The van der Waals surface area contributed by atoms with E-state index in [1.54, 1.807) is 0 Å². The molecule has 0 aromatic carbocycles. The molecule has 3 heterocycles. The second kappa shape index (κ2) is 6.15. The van der Waals surface area contributed by atoms with Gasteiger partial charge in [-0.3, -0.25) is 4.79 Å². The summed E-state index contributed by atoms with van der Waals surface area (Å²) in [5, 5.41) is 0. The number of cyclic esters (lactones) is 2. The molecule has 3 saturated heterocycles. The number of hydrogen-bond acceptors (Lipinski definition) is 9. The highest BCUT2D eigenvalue weighted by atomic mass is 16.6. The van der Waals surface area contributed by atoms with E-state index in [0.29, 0.717) is 6.61 Å². The maximum atomic E-state index is 12.2. The van der Waals surface area contributed by atoms with Crippen LogP contribution in [0, 0.1) is 0 Å². The first-order valence-corrected chi connectivity index (χ1v) is 7.38. The third kappa shape index (κ3) is 3.14. The lowest BCUT2D eigenvalue weighted by Crippen LogP contribution is -2.54. The Morgan fingerprint density at radius 3 is 2.00 bits per heavy atom. The Morgan fingerprint density at radius 1 is 1.00 bits per heavy atom. The molecule has 9 nitrogen and oxygen atoms in total. The predicted molar refractivity (Wildman–Crippen MR) is 68.8 cm³/mol. The molecule has 3 atom stereocenters. The zero-order valence-electron chi connectivity index (χ0n) is 12.3. The van der Waals surface area contributed by atoms with Gasteiger partial charge in [0.15, 0.2) is 5.60 Å². The second-order valence-corrected chi connectivity index (χ2v) is 5.55. The molecule has 9 heteroatoms. The van der Waals surface area contributed by atoms with E-state index in [1.807, 2.05) is 0 Å². The SMILES string of the molecule is O=C(CC1(C(=O)OC2CCOC2=O)CCO1)OC1CCOC1=O. The van der Waals surface area contributed by atoms with E-state index in [4.69, 9.17) is 23.7 Å². The fraction of sp³-hybridized carbons (Fsp3) is 0.714. The lowest BCUT2D eigenvalue weighted by atomic mass is 9.91. The molecule has 0 aromatic heterocycles. The van der Waals surface area contributed by atoms with Crippen molar-refractivity contribution in [1.82, 2.24) is 0 Å². The van der Waals surface area contributed by atoms with Crippen LogP contribution in [-0.2, 0) is 42.9 Å². The molecule has 3 unspecified atom stereocenters. The van der Waals surface area contributed by atoms with Gasteiger partial charge in [-0.15, -0.1) is 0 Å². The molecule has 0 spiro atoms. The van der Waals surface area contributed by atoms with Crippen molar-refractivity contribution in [2.24, 2.45) is 0 Å². The molecule has 3 aliphatic rings. The zero-order chi connectivity index (χ0) is 16.4. The average molecular weight is 328 g/mol. The molecule has 0 saturated carbocycles. The Labute approximate surface area is 131 Å². The van der Waals surface area contributed by atoms with Crippen LogP contribution in [0.4, 0.5) is 0 Å². The minimum atomic E-state index is -1.46. The summed E-state index contributed by atoms with van der Waals surface area (Å²) in [5.41, 5.74) is -1.46. The fourth-order valence-corrected chi connectivity index (χ4v) is 2.56. The summed E-state index contributed by atoms with van der Waals surface area (Å²) in [6.07, 6.45) is -1.45. The number of hydrogen-bond donors (Lipinski definition) is 0. The molecule has 0 bridgehead atoms. The van der Waals surface area contributed by atoms with Crippen LogP contribution < -0.4 is 0 Å². The number of ether oxygens (including phenoxy) is 5. The van der Waals surface area contributed by atoms with Gasteiger partial charge in [0.1, 0.15) is 0 Å². The molecule has 126 valence electrons. The van der Waals surface area contributed by atoms with Crippen molar-refractivity contribution in [3.05, 3.63) is 0 Å². The van der Waals surface area contributed by atoms with Gasteiger partial charge in [-0.25, -0.2) is 14.4 Å². The molecule has 0 N–H and O–H groups in total. The third-order valence-electron chi connectivity index (χ3n) is 3.98. The maximum Gasteiger partial charge on any atom is 0.347 e. The smallest absolute Gasteiger partial charge is 0.347 e. The highest BCUT2D eigenvalue weighted by Crippen LogP contribution is 2.33. The van der Waals surface area contributed by atoms with E-state index in [2.05, 4.69) is 0 Å². The van der Waals surface area contributed by atoms with Crippen LogP contribution in [0.3, 0.4) is 0 Å². The monoisotopic (exact) mass is 328 g/mol. The summed E-state index contributed by atoms with van der Waals surface area (Å²) < 4.78 is 24.7. The van der Waals surface area contributed by atoms with Crippen molar-refractivity contribution in [3.63, 3.8) is 0 Å². The molecule has 0 amide bonds. The quantitative estimate of drug-likeness (QED) is 0.475. The minimum absolute atomic E-state index is 0.191. The normalized spacial score (nSPS) is 32.7. The van der Waals surface area contributed by atoms with Gasteiger partial charge in [0.05, 0.1) is 26.2 Å². The lowest BCUT2D eigenvalue weighted by Gasteiger charge is -2.38. The number of carbonyl (C=O) groups excluding carboxylic acids is 4. The maximum absolute atomic E-state index is 12.2. The number of esters is 4. The van der Waals surface area contributed by atoms with Crippen molar-refractivity contribution in [2.45, 2.75) is 43.5 Å². The molecule has 3 rings (SSSR count). The molecule has 23 heavy (non-hydrogen) atoms. The Kier molecular flexibility index (Phi) is 4.20. The van der Waals surface area contributed by atoms with Crippen LogP contribution in [0.25, 0.3) is 0 Å². The van der Waals surface area contributed by atoms with Gasteiger partial charge in [-0.1, -0.05) is 0 Å². The van der Waals surface area contributed by atoms with Crippen LogP contribution in [0.2, 0.25) is 0 Å². The van der Waals surface area contributed by atoms with Crippen molar-refractivity contribution < 1.29 is 42.9 Å². The molecule has 0 aromatic rings. The van der Waals surface area contributed by atoms with Gasteiger partial charge >= 0.3 is 23.9 Å². The lowest BCUT2D eigenvalue weighted by molar-refractivity contribution is -0.211. The zero-order valence-corrected chi connectivity index (χ0v) is 12.3. The first-order chi connectivity index (χ1) is 11.0. The van der Waals surface area contributed by atoms with Crippen LogP contribution in [0.1, 0.15) is 25.7 Å². The highest BCUT2D eigenvalue weighted by molar-refractivity contribution is 5.90. The summed E-state index contributed by atoms with van der Waals surface area (Å²) in [6, 6.07) is 0. The topological polar surface area (TPSA) is 114 Å². The van der Waals surface area contributed by atoms with Crippen molar-refractivity contribution in [2.75, 3.05) is 19.8 Å². The second-order valence-electron chi connectivity index (χ2n) is 5.55. The third-order valence-corrected chi connectivity index (χ3v) is 3.98. The first-order valence-electron chi connectivity index (χ1n) is 7.38. The van der Waals surface area contributed by atoms with Gasteiger partial charge in [0, 0.05) is 19.3 Å². The standard InChI is InChI=1S/C14H16O9/c15-10(22-8-1-4-19-11(8)16)7-14(3-6-21-14)13(18)23-9-2-5-20-12(9)17/h8-9H,1-7H2. The Bertz CT molecular complexity index is 536. The van der Waals surface area contributed by atoms with Gasteiger partial charge in [-0.2, -0.15) is 0 Å². The fourth-order valence-electron chi connectivity index (χ4n) is 2.56. The van der Waals surface area contributed by atoms with E-state index in [1.165, 1.54) is 0 Å². The van der Waals surface area contributed by atoms with Crippen molar-refractivity contribution in [3.8, 4) is 0 Å². The van der Waals surface area contributed by atoms with Crippen LogP contribution in [0.5, 0.6) is 0 Å². The van der Waals surface area contributed by atoms with Crippen LogP contribution in [0.15, 0.2) is 0 Å². The van der Waals surface area contributed by atoms with E-state index in [0.717, 1.165) is 0 Å². The molecular formula is C14H16O9. The number of carbonyl (C=O) groups is 4. The first kappa shape index (κ1) is 15.7. The van der Waals surface area contributed by atoms with E-state index in [9.17, 15) is 19.2 Å². The average Bonchev–Trinajstić information content (AvgIpc) is 3.04. The molecule has 0 aliphatic carbocycles. The van der Waals surface area contributed by atoms with Crippen LogP contribution in [-0.4, -0.2) is 61.5 Å². The van der Waals surface area contributed by atoms with Gasteiger partial charge < -0.3 is 23.7 Å². The minimum Gasteiger partial charge on any atom is -0.463 e. The van der Waals surface area contributed by atoms with E-state index >= 15 is 0 Å². The predicted octanol–water partition coefficient (Wildman–Crippen LogP) is -0.747. The highest BCUT2D eigenvalue weighted by Gasteiger charge is 2.51. The number of rotatable bonds is 5. The summed E-state index contributed by atoms with van der Waals surface area (Å²) in [6.45, 7) is 0.684. The Morgan fingerprint density at radius 2 is 1.57 bits per heavy atom. The Balaban J connectivity index is 1.57. The van der Waals surface area contributed by atoms with Gasteiger partial charge in [-0.05, 0) is 0 Å². The van der Waals surface area contributed by atoms with Crippen LogP contribution >= 0.6 is 0 Å². The molecular weight excluding hydrogens is 312 g/mol. The van der Waals surface area contributed by atoms with Crippen molar-refractivity contribution >= 4 is 23.9 Å². The molecule has 3 aliphatic heterocycles. The summed E-state index contributed by atoms with van der Waals surface area (Å²) in [7, 11) is 0. The summed E-state index contributed by atoms with van der Waals surface area (Å²) >= 11 is 0. The largest absolute Gasteiger partial charge is 0.463 e. The summed E-state index contributed by atoms with van der Waals surface area (Å²) in [5.74, 6) is -2.75. The summed E-state index contributed by atoms with van der Waals surface area (Å²) in [4.78, 5) is 46.8. The van der Waals surface area contributed by atoms with Gasteiger partial charge in [0.25, 0.3) is 0 Å². The van der Waals surface area contributed by atoms with E-state index in [-0.39, 0.29) is 38.9 Å². The Hall–Kier alpha value is -2.16. The molecule has 3 fully saturated rings. The van der Waals surface area contributed by atoms with Gasteiger partial charge in [0.2, 0.25) is 12.2 Å².